The molecule has 2 bridgehead atoms. The van der Waals surface area contributed by atoms with Gasteiger partial charge in [0.2, 0.25) is 5.91 Å². The monoisotopic (exact) mass is 341 g/mol. The van der Waals surface area contributed by atoms with Crippen LogP contribution in [0.25, 0.3) is 0 Å². The van der Waals surface area contributed by atoms with Crippen LogP contribution in [0, 0.1) is 17.8 Å². The minimum absolute atomic E-state index is 0.394. The van der Waals surface area contributed by atoms with Crippen LogP contribution in [0.2, 0.25) is 0 Å². The molecule has 1 aliphatic heterocycles. The number of hydrogen-bond acceptors (Lipinski definition) is 3. The van der Waals surface area contributed by atoms with Gasteiger partial charge in [0.05, 0.1) is 0 Å². The van der Waals surface area contributed by atoms with Crippen LogP contribution in [0.15, 0.2) is 24.5 Å². The third kappa shape index (κ3) is 3.89. The van der Waals surface area contributed by atoms with E-state index in [4.69, 9.17) is 0 Å². The van der Waals surface area contributed by atoms with Crippen LogP contribution in [0.5, 0.6) is 0 Å². The first-order valence-corrected chi connectivity index (χ1v) is 10.1. The lowest BCUT2D eigenvalue weighted by Gasteiger charge is -2.37. The molecule has 2 heterocycles. The number of nitrogens with zero attached hydrogens (tertiary/aromatic N) is 3. The van der Waals surface area contributed by atoms with E-state index in [-0.39, 0.29) is 0 Å². The number of rotatable bonds is 5. The molecule has 1 aromatic rings. The summed E-state index contributed by atoms with van der Waals surface area (Å²) in [6.45, 7) is 3.16. The molecule has 3 aliphatic rings. The number of likely N-dealkylation sites (tertiary alicyclic amines) is 1. The third-order valence-corrected chi connectivity index (χ3v) is 6.98. The molecule has 0 radical (unpaired) electrons. The predicted octanol–water partition coefficient (Wildman–Crippen LogP) is 3.33. The van der Waals surface area contributed by atoms with E-state index in [1.54, 1.807) is 0 Å². The van der Waals surface area contributed by atoms with Gasteiger partial charge in [-0.25, -0.2) is 0 Å². The van der Waals surface area contributed by atoms with Gasteiger partial charge in [-0.05, 0) is 67.6 Å². The second-order valence-corrected chi connectivity index (χ2v) is 8.51. The molecule has 1 amide bonds. The Kier molecular flexibility index (Phi) is 5.07. The Balaban J connectivity index is 1.23. The highest BCUT2D eigenvalue weighted by Gasteiger charge is 2.40. The van der Waals surface area contributed by atoms with E-state index in [1.807, 2.05) is 19.4 Å². The highest BCUT2D eigenvalue weighted by atomic mass is 16.2. The highest BCUT2D eigenvalue weighted by Crippen LogP contribution is 2.49. The summed E-state index contributed by atoms with van der Waals surface area (Å²) < 4.78 is 0. The zero-order valence-electron chi connectivity index (χ0n) is 15.4. The lowest BCUT2D eigenvalue weighted by molar-refractivity contribution is -0.134. The fraction of sp³-hybridized carbons (Fsp3) is 0.714. The number of carbonyl (C=O) groups excluding carboxylic acids is 1. The summed E-state index contributed by atoms with van der Waals surface area (Å²) in [6, 6.07) is 4.62. The van der Waals surface area contributed by atoms with Crippen molar-refractivity contribution in [1.29, 1.82) is 0 Å². The Labute approximate surface area is 151 Å². The number of pyridine rings is 1. The Morgan fingerprint density at radius 3 is 2.56 bits per heavy atom. The van der Waals surface area contributed by atoms with E-state index in [0.29, 0.717) is 17.9 Å². The smallest absolute Gasteiger partial charge is 0.222 e. The van der Waals surface area contributed by atoms with Crippen LogP contribution in [0.3, 0.4) is 0 Å². The lowest BCUT2D eigenvalue weighted by Crippen LogP contribution is -2.45. The molecule has 4 nitrogen and oxygen atoms in total. The largest absolute Gasteiger partial charge is 0.343 e. The normalized spacial score (nSPS) is 29.9. The van der Waals surface area contributed by atoms with Crippen molar-refractivity contribution in [3.05, 3.63) is 30.1 Å². The first-order valence-electron chi connectivity index (χ1n) is 10.1. The lowest BCUT2D eigenvalue weighted by atomic mass is 9.86. The first kappa shape index (κ1) is 17.0. The van der Waals surface area contributed by atoms with Crippen LogP contribution in [0.1, 0.15) is 50.5 Å². The van der Waals surface area contributed by atoms with Crippen LogP contribution >= 0.6 is 0 Å². The van der Waals surface area contributed by atoms with Gasteiger partial charge in [-0.1, -0.05) is 6.42 Å². The number of piperidine rings is 1. The van der Waals surface area contributed by atoms with E-state index >= 15 is 0 Å². The van der Waals surface area contributed by atoms with Crippen molar-refractivity contribution in [2.45, 2.75) is 57.5 Å². The van der Waals surface area contributed by atoms with Gasteiger partial charge in [-0.3, -0.25) is 14.7 Å². The predicted molar refractivity (Wildman–Crippen MR) is 98.9 cm³/mol. The number of hydrogen-bond donors (Lipinski definition) is 0. The maximum atomic E-state index is 12.8. The minimum Gasteiger partial charge on any atom is -0.343 e. The molecule has 1 aromatic heterocycles. The quantitative estimate of drug-likeness (QED) is 0.824. The molecule has 25 heavy (non-hydrogen) atoms. The van der Waals surface area contributed by atoms with Crippen molar-refractivity contribution in [1.82, 2.24) is 14.8 Å². The molecule has 0 aromatic carbocycles. The third-order valence-electron chi connectivity index (χ3n) is 6.98. The molecular weight excluding hydrogens is 310 g/mol. The van der Waals surface area contributed by atoms with Crippen LogP contribution in [0.4, 0.5) is 0 Å². The molecule has 3 unspecified atom stereocenters. The number of amides is 1. The van der Waals surface area contributed by atoms with Gasteiger partial charge in [0.1, 0.15) is 0 Å². The molecular formula is C21H31N3O. The topological polar surface area (TPSA) is 36.4 Å². The molecule has 3 atom stereocenters. The molecule has 4 heteroatoms. The molecule has 0 spiro atoms. The number of fused-ring (bicyclic) bond motifs is 2. The second-order valence-electron chi connectivity index (χ2n) is 8.51. The summed E-state index contributed by atoms with van der Waals surface area (Å²) in [5, 5.41) is 0. The van der Waals surface area contributed by atoms with Crippen LogP contribution in [-0.4, -0.2) is 46.9 Å². The van der Waals surface area contributed by atoms with E-state index in [1.165, 1.54) is 31.2 Å². The van der Waals surface area contributed by atoms with Gasteiger partial charge in [0.15, 0.2) is 0 Å². The Bertz CT molecular complexity index is 582. The maximum absolute atomic E-state index is 12.8. The standard InChI is InChI=1S/C21H31N3O/c1-23(21(25)14-19-13-17-2-3-18(19)12-17)20-6-10-24(11-7-20)15-16-4-8-22-9-5-16/h4-5,8-9,17-20H,2-3,6-7,10-15H2,1H3. The van der Waals surface area contributed by atoms with Gasteiger partial charge < -0.3 is 4.90 Å². The zero-order valence-corrected chi connectivity index (χ0v) is 15.4. The zero-order chi connectivity index (χ0) is 17.2. The second kappa shape index (κ2) is 7.45. The SMILES string of the molecule is CN(C(=O)CC1CC2CCC1C2)C1CCN(Cc2ccncc2)CC1. The summed E-state index contributed by atoms with van der Waals surface area (Å²) in [7, 11) is 2.04. The average Bonchev–Trinajstić information content (AvgIpc) is 3.25. The van der Waals surface area contributed by atoms with Crippen molar-refractivity contribution in [3.8, 4) is 0 Å². The van der Waals surface area contributed by atoms with Crippen LogP contribution in [-0.2, 0) is 11.3 Å². The molecule has 4 rings (SSSR count). The molecule has 1 saturated heterocycles. The molecule has 2 aliphatic carbocycles. The molecule has 136 valence electrons. The van der Waals surface area contributed by atoms with E-state index < -0.39 is 0 Å². The van der Waals surface area contributed by atoms with Crippen molar-refractivity contribution in [3.63, 3.8) is 0 Å². The summed E-state index contributed by atoms with van der Waals surface area (Å²) in [5.41, 5.74) is 1.33. The summed E-state index contributed by atoms with van der Waals surface area (Å²) in [6.07, 6.45) is 12.2. The Morgan fingerprint density at radius 1 is 1.16 bits per heavy atom. The van der Waals surface area contributed by atoms with Gasteiger partial charge >= 0.3 is 0 Å². The summed E-state index contributed by atoms with van der Waals surface area (Å²) >= 11 is 0. The van der Waals surface area contributed by atoms with Gasteiger partial charge in [-0.15, -0.1) is 0 Å². The summed E-state index contributed by atoms with van der Waals surface area (Å²) in [5.74, 6) is 2.86. The van der Waals surface area contributed by atoms with E-state index in [9.17, 15) is 4.79 Å². The van der Waals surface area contributed by atoms with E-state index in [0.717, 1.165) is 50.7 Å². The summed E-state index contributed by atoms with van der Waals surface area (Å²) in [4.78, 5) is 21.4. The Hall–Kier alpha value is -1.42. The highest BCUT2D eigenvalue weighted by molar-refractivity contribution is 5.76. The van der Waals surface area contributed by atoms with Crippen molar-refractivity contribution >= 4 is 5.91 Å². The van der Waals surface area contributed by atoms with Crippen LogP contribution < -0.4 is 0 Å². The fourth-order valence-electron chi connectivity index (χ4n) is 5.41. The van der Waals surface area contributed by atoms with Crippen molar-refractivity contribution in [2.75, 3.05) is 20.1 Å². The first-order chi connectivity index (χ1) is 12.2. The van der Waals surface area contributed by atoms with Crippen molar-refractivity contribution in [2.24, 2.45) is 17.8 Å². The number of carbonyl (C=O) groups is 1. The van der Waals surface area contributed by atoms with Gasteiger partial charge in [0, 0.05) is 51.5 Å². The van der Waals surface area contributed by atoms with E-state index in [2.05, 4.69) is 26.9 Å². The Morgan fingerprint density at radius 2 is 1.92 bits per heavy atom. The van der Waals surface area contributed by atoms with Gasteiger partial charge in [0.25, 0.3) is 0 Å². The molecule has 2 saturated carbocycles. The average molecular weight is 341 g/mol. The van der Waals surface area contributed by atoms with Crippen molar-refractivity contribution < 1.29 is 4.79 Å². The maximum Gasteiger partial charge on any atom is 0.222 e. The fourth-order valence-corrected chi connectivity index (χ4v) is 5.41. The minimum atomic E-state index is 0.394. The number of aromatic nitrogens is 1. The van der Waals surface area contributed by atoms with Gasteiger partial charge in [-0.2, -0.15) is 0 Å². The molecule has 3 fully saturated rings. The molecule has 0 N–H and O–H groups in total.